The molecule has 108 valence electrons. The smallest absolute Gasteiger partial charge is 0.335 e. The molecule has 0 saturated carbocycles. The van der Waals surface area contributed by atoms with Crippen molar-refractivity contribution in [3.63, 3.8) is 0 Å². The molecule has 0 aromatic heterocycles. The molecule has 1 aliphatic heterocycles. The fourth-order valence-corrected chi connectivity index (χ4v) is 3.43. The van der Waals surface area contributed by atoms with E-state index in [1.165, 1.54) is 12.3 Å². The molecule has 7 heteroatoms. The van der Waals surface area contributed by atoms with Gasteiger partial charge in [-0.3, -0.25) is 10.1 Å². The van der Waals surface area contributed by atoms with Crippen LogP contribution < -0.4 is 0 Å². The van der Waals surface area contributed by atoms with E-state index >= 15 is 0 Å². The first-order valence-corrected chi connectivity index (χ1v) is 7.17. The Morgan fingerprint density at radius 3 is 2.95 bits per heavy atom. The summed E-state index contributed by atoms with van der Waals surface area (Å²) in [6, 6.07) is 0. The Balaban J connectivity index is 1.91. The van der Waals surface area contributed by atoms with Gasteiger partial charge in [-0.15, -0.1) is 11.8 Å². The molecule has 1 atom stereocenters. The van der Waals surface area contributed by atoms with Crippen molar-refractivity contribution in [2.45, 2.75) is 18.1 Å². The zero-order valence-corrected chi connectivity index (χ0v) is 11.6. The summed E-state index contributed by atoms with van der Waals surface area (Å²) in [4.78, 5) is 22.4. The van der Waals surface area contributed by atoms with E-state index in [1.807, 2.05) is 6.08 Å². The van der Waals surface area contributed by atoms with Crippen molar-refractivity contribution < 1.29 is 19.6 Å². The highest BCUT2D eigenvalue weighted by Gasteiger charge is 2.28. The minimum Gasteiger partial charge on any atom is -0.478 e. The lowest BCUT2D eigenvalue weighted by Gasteiger charge is -2.18. The van der Waals surface area contributed by atoms with Crippen LogP contribution in [0.5, 0.6) is 0 Å². The maximum atomic E-state index is 11.0. The molecule has 2 aliphatic carbocycles. The second-order valence-corrected chi connectivity index (χ2v) is 5.95. The number of thioether (sulfide) groups is 1. The highest BCUT2D eigenvalue weighted by molar-refractivity contribution is 8.04. The molecule has 0 fully saturated rings. The summed E-state index contributed by atoms with van der Waals surface area (Å²) in [7, 11) is 0. The van der Waals surface area contributed by atoms with Gasteiger partial charge in [-0.25, -0.2) is 4.79 Å². The van der Waals surface area contributed by atoms with E-state index in [4.69, 9.17) is 9.84 Å². The van der Waals surface area contributed by atoms with E-state index in [-0.39, 0.29) is 16.5 Å². The maximum absolute atomic E-state index is 11.0. The van der Waals surface area contributed by atoms with Gasteiger partial charge in [-0.05, 0) is 12.5 Å². The Morgan fingerprint density at radius 2 is 2.24 bits per heavy atom. The minimum atomic E-state index is -0.992. The lowest BCUT2D eigenvalue weighted by molar-refractivity contribution is -0.428. The van der Waals surface area contributed by atoms with Gasteiger partial charge in [0.15, 0.2) is 0 Å². The van der Waals surface area contributed by atoms with Crippen molar-refractivity contribution in [3.8, 4) is 0 Å². The van der Waals surface area contributed by atoms with Gasteiger partial charge in [0, 0.05) is 16.9 Å². The fraction of sp³-hybridized carbons (Fsp3) is 0.214. The normalized spacial score (nSPS) is 23.8. The van der Waals surface area contributed by atoms with E-state index in [2.05, 4.69) is 0 Å². The van der Waals surface area contributed by atoms with Crippen LogP contribution in [0, 0.1) is 10.1 Å². The van der Waals surface area contributed by atoms with Gasteiger partial charge < -0.3 is 9.84 Å². The molecule has 21 heavy (non-hydrogen) atoms. The van der Waals surface area contributed by atoms with Crippen molar-refractivity contribution in [3.05, 3.63) is 68.2 Å². The monoisotopic (exact) mass is 305 g/mol. The van der Waals surface area contributed by atoms with Crippen LogP contribution in [0.1, 0.15) is 12.8 Å². The number of hydrogen-bond donors (Lipinski definition) is 1. The Kier molecular flexibility index (Phi) is 3.42. The van der Waals surface area contributed by atoms with Gasteiger partial charge in [0.05, 0.1) is 28.1 Å². The summed E-state index contributed by atoms with van der Waals surface area (Å²) >= 11 is 1.54. The van der Waals surface area contributed by atoms with Gasteiger partial charge in [0.1, 0.15) is 5.76 Å². The second kappa shape index (κ2) is 5.25. The molecule has 0 bridgehead atoms. The first kappa shape index (κ1) is 13.7. The van der Waals surface area contributed by atoms with Gasteiger partial charge in [-0.1, -0.05) is 12.2 Å². The quantitative estimate of drug-likeness (QED) is 0.623. The highest BCUT2D eigenvalue weighted by atomic mass is 32.2. The molecule has 0 aromatic carbocycles. The van der Waals surface area contributed by atoms with Crippen LogP contribution in [0.2, 0.25) is 0 Å². The molecule has 1 unspecified atom stereocenters. The first-order chi connectivity index (χ1) is 10.0. The third-order valence-electron chi connectivity index (χ3n) is 3.35. The number of nitro groups is 1. The Bertz CT molecular complexity index is 683. The number of carboxylic acid groups (broad SMARTS) is 1. The van der Waals surface area contributed by atoms with Crippen LogP contribution in [-0.4, -0.2) is 21.2 Å². The average molecular weight is 305 g/mol. The standard InChI is InChI=1S/C14H11NO5S/c16-14(17)8-1-3-12-9(5-8)7-20-11-6-10(15(18)19)2-4-13(11)21-12/h1,3,5-7,12H,2,4H2,(H,16,17). The lowest BCUT2D eigenvalue weighted by atomic mass is 10.0. The lowest BCUT2D eigenvalue weighted by Crippen LogP contribution is -2.10. The summed E-state index contributed by atoms with van der Waals surface area (Å²) in [5.41, 5.74) is 1.07. The number of aliphatic carboxylic acids is 1. The number of nitrogens with zero attached hydrogens (tertiary/aromatic N) is 1. The van der Waals surface area contributed by atoms with Crippen LogP contribution in [0.3, 0.4) is 0 Å². The number of allylic oxidation sites excluding steroid dienone is 4. The first-order valence-electron chi connectivity index (χ1n) is 6.29. The van der Waals surface area contributed by atoms with Crippen molar-refractivity contribution >= 4 is 17.7 Å². The van der Waals surface area contributed by atoms with E-state index in [0.29, 0.717) is 18.6 Å². The fourth-order valence-electron chi connectivity index (χ4n) is 2.27. The summed E-state index contributed by atoms with van der Waals surface area (Å²) < 4.78 is 5.53. The number of ether oxygens (including phenoxy) is 1. The zero-order valence-electron chi connectivity index (χ0n) is 10.8. The summed E-state index contributed by atoms with van der Waals surface area (Å²) in [5.74, 6) is -0.508. The van der Waals surface area contributed by atoms with Crippen LogP contribution >= 0.6 is 11.8 Å². The SMILES string of the molecule is O=C(O)C1=CC2=COC3=C(CCC([N+](=O)[O-])=C3)SC2C=C1. The number of fused-ring (bicyclic) bond motifs is 1. The predicted molar refractivity (Wildman–Crippen MR) is 76.7 cm³/mol. The Labute approximate surface area is 124 Å². The molecule has 3 aliphatic rings. The van der Waals surface area contributed by atoms with Crippen LogP contribution in [-0.2, 0) is 9.53 Å². The molecule has 0 amide bonds. The van der Waals surface area contributed by atoms with Crippen molar-refractivity contribution in [2.75, 3.05) is 0 Å². The maximum Gasteiger partial charge on any atom is 0.335 e. The molecule has 1 N–H and O–H groups in total. The number of hydrogen-bond acceptors (Lipinski definition) is 5. The van der Waals surface area contributed by atoms with Gasteiger partial charge in [-0.2, -0.15) is 0 Å². The van der Waals surface area contributed by atoms with Crippen LogP contribution in [0.4, 0.5) is 0 Å². The molecule has 3 rings (SSSR count). The second-order valence-electron chi connectivity index (χ2n) is 4.72. The molecule has 0 aromatic rings. The highest BCUT2D eigenvalue weighted by Crippen LogP contribution is 2.41. The Hall–Kier alpha value is -2.28. The van der Waals surface area contributed by atoms with Crippen LogP contribution in [0.15, 0.2) is 58.1 Å². The summed E-state index contributed by atoms with van der Waals surface area (Å²) in [6.45, 7) is 0. The molecule has 0 spiro atoms. The molecule has 1 heterocycles. The number of rotatable bonds is 2. The van der Waals surface area contributed by atoms with Crippen molar-refractivity contribution in [1.82, 2.24) is 0 Å². The summed E-state index contributed by atoms with van der Waals surface area (Å²) in [5, 5.41) is 19.8. The molecule has 6 nitrogen and oxygen atoms in total. The topological polar surface area (TPSA) is 89.7 Å². The zero-order chi connectivity index (χ0) is 15.0. The largest absolute Gasteiger partial charge is 0.478 e. The van der Waals surface area contributed by atoms with Crippen molar-refractivity contribution in [2.24, 2.45) is 0 Å². The average Bonchev–Trinajstić information content (AvgIpc) is 2.64. The van der Waals surface area contributed by atoms with E-state index in [0.717, 1.165) is 10.5 Å². The third-order valence-corrected chi connectivity index (χ3v) is 4.73. The third kappa shape index (κ3) is 2.64. The van der Waals surface area contributed by atoms with E-state index < -0.39 is 10.9 Å². The predicted octanol–water partition coefficient (Wildman–Crippen LogP) is 2.75. The van der Waals surface area contributed by atoms with Gasteiger partial charge >= 0.3 is 5.97 Å². The van der Waals surface area contributed by atoms with Gasteiger partial charge in [0.25, 0.3) is 0 Å². The van der Waals surface area contributed by atoms with Crippen LogP contribution in [0.25, 0.3) is 0 Å². The molecular formula is C14H11NO5S. The number of carbonyl (C=O) groups is 1. The number of carboxylic acids is 1. The minimum absolute atomic E-state index is 0.0221. The van der Waals surface area contributed by atoms with Gasteiger partial charge in [0.2, 0.25) is 5.70 Å². The van der Waals surface area contributed by atoms with Crippen molar-refractivity contribution in [1.29, 1.82) is 0 Å². The van der Waals surface area contributed by atoms with E-state index in [1.54, 1.807) is 23.9 Å². The van der Waals surface area contributed by atoms with E-state index in [9.17, 15) is 14.9 Å². The molecular weight excluding hydrogens is 294 g/mol. The Morgan fingerprint density at radius 1 is 1.43 bits per heavy atom. The molecule has 0 radical (unpaired) electrons. The summed E-state index contributed by atoms with van der Waals surface area (Å²) in [6.07, 6.45) is 8.82. The molecule has 0 saturated heterocycles.